The lowest BCUT2D eigenvalue weighted by atomic mass is 9.91. The Balaban J connectivity index is 1.76. The lowest BCUT2D eigenvalue weighted by molar-refractivity contribution is -0.118. The average molecular weight is 587 g/mol. The van der Waals surface area contributed by atoms with Gasteiger partial charge in [0.1, 0.15) is 11.7 Å². The SMILES string of the molecule is COc1ncc(N2NC3C(=O)N(c4cccc(Cl)c4F)C(c4ccc(Cl)cc4)C3=C2C(C)CN(C)C)c(OC)n1. The number of benzene rings is 2. The Kier molecular flexibility index (Phi) is 7.87. The van der Waals surface area contributed by atoms with Crippen molar-refractivity contribution >= 4 is 40.5 Å². The highest BCUT2D eigenvalue weighted by Crippen LogP contribution is 2.49. The predicted octanol–water partition coefficient (Wildman–Crippen LogP) is 4.87. The van der Waals surface area contributed by atoms with Gasteiger partial charge < -0.3 is 14.4 Å². The van der Waals surface area contributed by atoms with Gasteiger partial charge in [-0.25, -0.2) is 14.8 Å². The summed E-state index contributed by atoms with van der Waals surface area (Å²) < 4.78 is 26.2. The number of anilines is 2. The van der Waals surface area contributed by atoms with Crippen molar-refractivity contribution in [2.45, 2.75) is 19.0 Å². The Bertz CT molecular complexity index is 1470. The van der Waals surface area contributed by atoms with E-state index in [1.807, 2.05) is 26.2 Å². The number of nitrogens with zero attached hydrogens (tertiary/aromatic N) is 5. The first-order valence-electron chi connectivity index (χ1n) is 12.6. The van der Waals surface area contributed by atoms with Crippen molar-refractivity contribution in [2.24, 2.45) is 5.92 Å². The molecule has 9 nitrogen and oxygen atoms in total. The molecule has 0 radical (unpaired) electrons. The van der Waals surface area contributed by atoms with Crippen LogP contribution in [0.1, 0.15) is 18.5 Å². The second-order valence-corrected chi connectivity index (χ2v) is 10.7. The number of methoxy groups -OCH3 is 2. The summed E-state index contributed by atoms with van der Waals surface area (Å²) in [6, 6.07) is 10.5. The molecule has 3 unspecified atom stereocenters. The van der Waals surface area contributed by atoms with Crippen LogP contribution >= 0.6 is 23.2 Å². The maximum atomic E-state index is 15.5. The van der Waals surface area contributed by atoms with Gasteiger partial charge in [0.2, 0.25) is 5.88 Å². The number of halogens is 3. The third-order valence-electron chi connectivity index (χ3n) is 6.96. The van der Waals surface area contributed by atoms with Gasteiger partial charge in [-0.3, -0.25) is 14.7 Å². The molecular weight excluding hydrogens is 558 g/mol. The van der Waals surface area contributed by atoms with Gasteiger partial charge in [-0.1, -0.05) is 48.3 Å². The van der Waals surface area contributed by atoms with Crippen LogP contribution in [0.2, 0.25) is 10.0 Å². The molecule has 2 aliphatic heterocycles. The molecule has 1 fully saturated rings. The van der Waals surface area contributed by atoms with Crippen LogP contribution in [0.5, 0.6) is 11.9 Å². The summed E-state index contributed by atoms with van der Waals surface area (Å²) in [5.41, 5.74) is 6.32. The zero-order valence-electron chi connectivity index (χ0n) is 22.7. The highest BCUT2D eigenvalue weighted by atomic mass is 35.5. The highest BCUT2D eigenvalue weighted by Gasteiger charge is 2.53. The number of hydrogen-bond donors (Lipinski definition) is 1. The molecule has 2 aliphatic rings. The summed E-state index contributed by atoms with van der Waals surface area (Å²) in [5, 5.41) is 2.28. The summed E-state index contributed by atoms with van der Waals surface area (Å²) in [4.78, 5) is 26.4. The van der Waals surface area contributed by atoms with E-state index in [9.17, 15) is 4.79 Å². The van der Waals surface area contributed by atoms with Crippen molar-refractivity contribution in [3.8, 4) is 11.9 Å². The minimum atomic E-state index is -0.800. The van der Waals surface area contributed by atoms with Gasteiger partial charge >= 0.3 is 6.01 Å². The van der Waals surface area contributed by atoms with E-state index in [-0.39, 0.29) is 34.4 Å². The molecule has 210 valence electrons. The van der Waals surface area contributed by atoms with E-state index < -0.39 is 17.9 Å². The van der Waals surface area contributed by atoms with Crippen molar-refractivity contribution in [3.05, 3.63) is 81.4 Å². The van der Waals surface area contributed by atoms with Crippen LogP contribution in [-0.2, 0) is 4.79 Å². The molecule has 1 saturated heterocycles. The number of amides is 1. The van der Waals surface area contributed by atoms with Gasteiger partial charge in [-0.05, 0) is 43.9 Å². The molecule has 0 saturated carbocycles. The standard InChI is InChI=1S/C28H29Cl2FN6O3/c1-15(14-35(2)3)24-21-23(34-37(24)20-13-32-28(40-5)33-26(20)39-4)27(38)36(19-8-6-7-18(30)22(19)31)25(21)16-9-11-17(29)12-10-16/h6-13,15,23,25,34H,14H2,1-5H3. The number of hydrogen-bond acceptors (Lipinski definition) is 8. The number of aromatic nitrogens is 2. The number of rotatable bonds is 8. The molecule has 1 amide bonds. The monoisotopic (exact) mass is 586 g/mol. The van der Waals surface area contributed by atoms with Crippen LogP contribution in [0.25, 0.3) is 0 Å². The van der Waals surface area contributed by atoms with E-state index in [1.165, 1.54) is 25.2 Å². The number of carbonyl (C=O) groups is 1. The van der Waals surface area contributed by atoms with Gasteiger partial charge in [-0.2, -0.15) is 4.98 Å². The first-order chi connectivity index (χ1) is 19.2. The molecule has 2 aromatic carbocycles. The molecule has 0 spiro atoms. The van der Waals surface area contributed by atoms with E-state index in [1.54, 1.807) is 35.5 Å². The van der Waals surface area contributed by atoms with Crippen LogP contribution in [0.4, 0.5) is 15.8 Å². The Morgan fingerprint density at radius 3 is 2.48 bits per heavy atom. The fraction of sp³-hybridized carbons (Fsp3) is 0.321. The molecule has 1 N–H and O–H groups in total. The van der Waals surface area contributed by atoms with Crippen molar-refractivity contribution in [1.82, 2.24) is 20.3 Å². The zero-order chi connectivity index (χ0) is 28.7. The highest BCUT2D eigenvalue weighted by molar-refractivity contribution is 6.31. The quantitative estimate of drug-likeness (QED) is 0.400. The van der Waals surface area contributed by atoms with E-state index >= 15 is 4.39 Å². The lowest BCUT2D eigenvalue weighted by Crippen LogP contribution is -2.45. The number of carbonyl (C=O) groups excluding carboxylic acids is 1. The van der Waals surface area contributed by atoms with Gasteiger partial charge in [0.05, 0.1) is 37.2 Å². The van der Waals surface area contributed by atoms with Gasteiger partial charge in [-0.15, -0.1) is 0 Å². The maximum absolute atomic E-state index is 15.5. The lowest BCUT2D eigenvalue weighted by Gasteiger charge is -2.33. The predicted molar refractivity (Wildman–Crippen MR) is 152 cm³/mol. The Labute approximate surface area is 242 Å². The molecular formula is C28H29Cl2FN6O3. The molecule has 40 heavy (non-hydrogen) atoms. The summed E-state index contributed by atoms with van der Waals surface area (Å²) in [7, 11) is 6.93. The Morgan fingerprint density at radius 1 is 1.10 bits per heavy atom. The molecule has 0 bridgehead atoms. The molecule has 0 aliphatic carbocycles. The van der Waals surface area contributed by atoms with Crippen molar-refractivity contribution < 1.29 is 18.7 Å². The normalized spacial score (nSPS) is 19.5. The van der Waals surface area contributed by atoms with Gasteiger partial charge in [0.25, 0.3) is 5.91 Å². The minimum Gasteiger partial charge on any atom is -0.479 e. The average Bonchev–Trinajstić information content (AvgIpc) is 3.45. The van der Waals surface area contributed by atoms with Crippen molar-refractivity contribution in [1.29, 1.82) is 0 Å². The summed E-state index contributed by atoms with van der Waals surface area (Å²) in [6.07, 6.45) is 1.58. The van der Waals surface area contributed by atoms with Gasteiger partial charge in [0.15, 0.2) is 5.82 Å². The zero-order valence-corrected chi connectivity index (χ0v) is 24.2. The number of nitrogens with one attached hydrogen (secondary N) is 1. The fourth-order valence-electron chi connectivity index (χ4n) is 5.43. The van der Waals surface area contributed by atoms with Gasteiger partial charge in [0, 0.05) is 28.8 Å². The van der Waals surface area contributed by atoms with E-state index in [0.29, 0.717) is 17.3 Å². The molecule has 3 aromatic rings. The second-order valence-electron chi connectivity index (χ2n) is 9.89. The number of fused-ring (bicyclic) bond motifs is 1. The summed E-state index contributed by atoms with van der Waals surface area (Å²) >= 11 is 12.4. The maximum Gasteiger partial charge on any atom is 0.319 e. The molecule has 3 heterocycles. The molecule has 1 aromatic heterocycles. The Hall–Kier alpha value is -3.44. The first-order valence-corrected chi connectivity index (χ1v) is 13.3. The van der Waals surface area contributed by atoms with Crippen LogP contribution in [0.3, 0.4) is 0 Å². The second kappa shape index (κ2) is 11.2. The smallest absolute Gasteiger partial charge is 0.319 e. The Morgan fingerprint density at radius 2 is 1.82 bits per heavy atom. The molecule has 3 atom stereocenters. The van der Waals surface area contributed by atoms with E-state index in [4.69, 9.17) is 32.7 Å². The van der Waals surface area contributed by atoms with Crippen LogP contribution in [0.15, 0.2) is 59.9 Å². The number of ether oxygens (including phenoxy) is 2. The van der Waals surface area contributed by atoms with E-state index in [2.05, 4.69) is 27.2 Å². The third-order valence-corrected chi connectivity index (χ3v) is 7.50. The van der Waals surface area contributed by atoms with E-state index in [0.717, 1.165) is 16.8 Å². The molecule has 5 rings (SSSR count). The third kappa shape index (κ3) is 4.85. The topological polar surface area (TPSA) is 83.1 Å². The van der Waals surface area contributed by atoms with Crippen LogP contribution in [-0.4, -0.2) is 61.7 Å². The van der Waals surface area contributed by atoms with Crippen molar-refractivity contribution in [3.63, 3.8) is 0 Å². The number of hydrazine groups is 1. The molecule has 12 heteroatoms. The fourth-order valence-corrected chi connectivity index (χ4v) is 5.73. The summed E-state index contributed by atoms with van der Waals surface area (Å²) in [6.45, 7) is 2.73. The van der Waals surface area contributed by atoms with Crippen LogP contribution < -0.4 is 24.8 Å². The summed E-state index contributed by atoms with van der Waals surface area (Å²) in [5.74, 6) is -0.813. The minimum absolute atomic E-state index is 0.0675. The van der Waals surface area contributed by atoms with Crippen molar-refractivity contribution in [2.75, 3.05) is 44.8 Å². The first kappa shape index (κ1) is 28.1. The van der Waals surface area contributed by atoms with Crippen LogP contribution in [0, 0.1) is 11.7 Å². The largest absolute Gasteiger partial charge is 0.479 e.